The molecule has 0 radical (unpaired) electrons. The molecule has 136 valence electrons. The van der Waals surface area contributed by atoms with Crippen LogP contribution in [0.3, 0.4) is 0 Å². The van der Waals surface area contributed by atoms with Gasteiger partial charge in [-0.25, -0.2) is 8.42 Å². The molecule has 1 aromatic carbocycles. The van der Waals surface area contributed by atoms with Gasteiger partial charge in [0.1, 0.15) is 5.75 Å². The van der Waals surface area contributed by atoms with Crippen LogP contribution in [0.15, 0.2) is 23.1 Å². The normalized spacial score (nSPS) is 12.9. The largest absolute Gasteiger partial charge is 0.496 e. The Balaban J connectivity index is 2.93. The molecule has 1 atom stereocenters. The first kappa shape index (κ1) is 20.4. The first-order chi connectivity index (χ1) is 11.3. The molecule has 0 saturated carbocycles. The van der Waals surface area contributed by atoms with E-state index >= 15 is 0 Å². The predicted octanol–water partition coefficient (Wildman–Crippen LogP) is 1.17. The average Bonchev–Trinajstić information content (AvgIpc) is 2.52. The molecule has 0 saturated heterocycles. The zero-order valence-electron chi connectivity index (χ0n) is 14.8. The van der Waals surface area contributed by atoms with Crippen molar-refractivity contribution in [3.63, 3.8) is 0 Å². The fourth-order valence-corrected chi connectivity index (χ4v) is 3.79. The molecular weight excluding hydrogens is 332 g/mol. The summed E-state index contributed by atoms with van der Waals surface area (Å²) in [6, 6.07) is 4.45. The van der Waals surface area contributed by atoms with E-state index in [0.29, 0.717) is 17.9 Å². The van der Waals surface area contributed by atoms with Gasteiger partial charge in [-0.3, -0.25) is 4.79 Å². The van der Waals surface area contributed by atoms with Gasteiger partial charge in [0, 0.05) is 19.7 Å². The van der Waals surface area contributed by atoms with Crippen LogP contribution in [-0.2, 0) is 19.6 Å². The standard InChI is InChI=1S/C16H26N2O5S/c1-6-18(10-16(19)17-13(3)11-22-4)24(20,21)14-7-8-15(23-5)12(2)9-14/h7-9,13H,6,10-11H2,1-5H3,(H,17,19)/t13-/m1/s1. The molecule has 0 aliphatic heterocycles. The molecule has 24 heavy (non-hydrogen) atoms. The number of ether oxygens (including phenoxy) is 2. The van der Waals surface area contributed by atoms with Gasteiger partial charge in [0.05, 0.1) is 25.2 Å². The van der Waals surface area contributed by atoms with Crippen LogP contribution in [0.5, 0.6) is 5.75 Å². The van der Waals surface area contributed by atoms with E-state index in [0.717, 1.165) is 4.31 Å². The Labute approximate surface area is 144 Å². The molecule has 1 amide bonds. The molecule has 0 heterocycles. The Kier molecular flexibility index (Phi) is 7.65. The molecule has 0 spiro atoms. The van der Waals surface area contributed by atoms with E-state index in [1.807, 2.05) is 0 Å². The molecule has 0 aromatic heterocycles. The molecule has 7 nitrogen and oxygen atoms in total. The number of amides is 1. The molecular formula is C16H26N2O5S. The van der Waals surface area contributed by atoms with Crippen LogP contribution in [0, 0.1) is 6.92 Å². The first-order valence-corrected chi connectivity index (χ1v) is 9.13. The van der Waals surface area contributed by atoms with Crippen molar-refractivity contribution in [1.29, 1.82) is 0 Å². The lowest BCUT2D eigenvalue weighted by Crippen LogP contribution is -2.44. The number of carbonyl (C=O) groups is 1. The molecule has 1 N–H and O–H groups in total. The maximum atomic E-state index is 12.7. The van der Waals surface area contributed by atoms with Crippen LogP contribution in [0.25, 0.3) is 0 Å². The molecule has 1 aromatic rings. The minimum absolute atomic E-state index is 0.139. The van der Waals surface area contributed by atoms with E-state index in [1.165, 1.54) is 20.3 Å². The van der Waals surface area contributed by atoms with Crippen molar-refractivity contribution in [2.45, 2.75) is 31.7 Å². The fourth-order valence-electron chi connectivity index (χ4n) is 2.30. The maximum Gasteiger partial charge on any atom is 0.243 e. The van der Waals surface area contributed by atoms with E-state index in [2.05, 4.69) is 5.32 Å². The van der Waals surface area contributed by atoms with Gasteiger partial charge in [-0.2, -0.15) is 4.31 Å². The highest BCUT2D eigenvalue weighted by atomic mass is 32.2. The Morgan fingerprint density at radius 2 is 2.00 bits per heavy atom. The first-order valence-electron chi connectivity index (χ1n) is 7.69. The molecule has 0 aliphatic rings. The number of hydrogen-bond acceptors (Lipinski definition) is 5. The van der Waals surface area contributed by atoms with E-state index in [-0.39, 0.29) is 29.9 Å². The van der Waals surface area contributed by atoms with Gasteiger partial charge in [-0.05, 0) is 37.6 Å². The lowest BCUT2D eigenvalue weighted by molar-refractivity contribution is -0.122. The van der Waals surface area contributed by atoms with E-state index < -0.39 is 10.0 Å². The van der Waals surface area contributed by atoms with Crippen molar-refractivity contribution in [2.24, 2.45) is 0 Å². The average molecular weight is 358 g/mol. The summed E-state index contributed by atoms with van der Waals surface area (Å²) < 4.78 is 36.7. The summed E-state index contributed by atoms with van der Waals surface area (Å²) in [5.74, 6) is 0.248. The number of aryl methyl sites for hydroxylation is 1. The minimum atomic E-state index is -3.76. The van der Waals surface area contributed by atoms with Gasteiger partial charge in [-0.1, -0.05) is 6.92 Å². The zero-order valence-corrected chi connectivity index (χ0v) is 15.6. The van der Waals surface area contributed by atoms with Gasteiger partial charge in [0.15, 0.2) is 0 Å². The summed E-state index contributed by atoms with van der Waals surface area (Å²) in [5.41, 5.74) is 0.716. The van der Waals surface area contributed by atoms with E-state index in [4.69, 9.17) is 9.47 Å². The third-order valence-electron chi connectivity index (χ3n) is 3.50. The minimum Gasteiger partial charge on any atom is -0.496 e. The third-order valence-corrected chi connectivity index (χ3v) is 5.42. The Hall–Kier alpha value is -1.64. The van der Waals surface area contributed by atoms with Gasteiger partial charge in [0.25, 0.3) is 0 Å². The van der Waals surface area contributed by atoms with Crippen LogP contribution in [0.2, 0.25) is 0 Å². The lowest BCUT2D eigenvalue weighted by Gasteiger charge is -2.22. The predicted molar refractivity (Wildman–Crippen MR) is 91.6 cm³/mol. The number of hydrogen-bond donors (Lipinski definition) is 1. The fraction of sp³-hybridized carbons (Fsp3) is 0.562. The molecule has 8 heteroatoms. The van der Waals surface area contributed by atoms with Crippen LogP contribution in [-0.4, -0.2) is 58.6 Å². The van der Waals surface area contributed by atoms with Crippen molar-refractivity contribution in [3.8, 4) is 5.75 Å². The highest BCUT2D eigenvalue weighted by Gasteiger charge is 2.26. The number of nitrogens with zero attached hydrogens (tertiary/aromatic N) is 1. The highest BCUT2D eigenvalue weighted by Crippen LogP contribution is 2.23. The second-order valence-corrected chi connectivity index (χ2v) is 7.42. The number of nitrogens with one attached hydrogen (secondary N) is 1. The van der Waals surface area contributed by atoms with Crippen molar-refractivity contribution in [1.82, 2.24) is 9.62 Å². The van der Waals surface area contributed by atoms with E-state index in [1.54, 1.807) is 32.9 Å². The van der Waals surface area contributed by atoms with Gasteiger partial charge in [-0.15, -0.1) is 0 Å². The molecule has 0 unspecified atom stereocenters. The summed E-state index contributed by atoms with van der Waals surface area (Å²) in [6.45, 7) is 5.58. The smallest absolute Gasteiger partial charge is 0.243 e. The molecule has 0 aliphatic carbocycles. The van der Waals surface area contributed by atoms with E-state index in [9.17, 15) is 13.2 Å². The summed E-state index contributed by atoms with van der Waals surface area (Å²) in [7, 11) is -0.689. The van der Waals surface area contributed by atoms with Crippen LogP contribution in [0.4, 0.5) is 0 Å². The zero-order chi connectivity index (χ0) is 18.3. The Bertz CT molecular complexity index is 660. The van der Waals surface area contributed by atoms with Crippen molar-refractivity contribution in [2.75, 3.05) is 33.9 Å². The summed E-state index contributed by atoms with van der Waals surface area (Å²) >= 11 is 0. The Morgan fingerprint density at radius 3 is 2.50 bits per heavy atom. The lowest BCUT2D eigenvalue weighted by atomic mass is 10.2. The van der Waals surface area contributed by atoms with Crippen LogP contribution >= 0.6 is 0 Å². The van der Waals surface area contributed by atoms with Crippen LogP contribution in [0.1, 0.15) is 19.4 Å². The molecule has 1 rings (SSSR count). The van der Waals surface area contributed by atoms with Gasteiger partial charge in [0.2, 0.25) is 15.9 Å². The van der Waals surface area contributed by atoms with Gasteiger partial charge < -0.3 is 14.8 Å². The number of benzene rings is 1. The number of sulfonamides is 1. The molecule has 0 fully saturated rings. The monoisotopic (exact) mass is 358 g/mol. The Morgan fingerprint density at radius 1 is 1.33 bits per heavy atom. The van der Waals surface area contributed by atoms with Crippen molar-refractivity contribution in [3.05, 3.63) is 23.8 Å². The van der Waals surface area contributed by atoms with Gasteiger partial charge >= 0.3 is 0 Å². The third kappa shape index (κ3) is 5.19. The maximum absolute atomic E-state index is 12.7. The second-order valence-electron chi connectivity index (χ2n) is 5.49. The topological polar surface area (TPSA) is 84.9 Å². The summed E-state index contributed by atoms with van der Waals surface area (Å²) in [5, 5.41) is 2.71. The quantitative estimate of drug-likeness (QED) is 0.716. The summed E-state index contributed by atoms with van der Waals surface area (Å²) in [6.07, 6.45) is 0. The number of methoxy groups -OCH3 is 2. The molecule has 0 bridgehead atoms. The van der Waals surface area contributed by atoms with Crippen molar-refractivity contribution >= 4 is 15.9 Å². The van der Waals surface area contributed by atoms with Crippen LogP contribution < -0.4 is 10.1 Å². The van der Waals surface area contributed by atoms with Crippen molar-refractivity contribution < 1.29 is 22.7 Å². The second kappa shape index (κ2) is 9.00. The number of rotatable bonds is 9. The number of carbonyl (C=O) groups excluding carboxylic acids is 1. The number of likely N-dealkylation sites (N-methyl/N-ethyl adjacent to an activating group) is 1. The summed E-state index contributed by atoms with van der Waals surface area (Å²) in [4.78, 5) is 12.2. The SMILES string of the molecule is CCN(CC(=O)N[C@H](C)COC)S(=O)(=O)c1ccc(OC)c(C)c1. The highest BCUT2D eigenvalue weighted by molar-refractivity contribution is 7.89.